The first-order valence-electron chi connectivity index (χ1n) is 8.24. The highest BCUT2D eigenvalue weighted by Crippen LogP contribution is 2.37. The summed E-state index contributed by atoms with van der Waals surface area (Å²) < 4.78 is 7.43. The maximum Gasteiger partial charge on any atom is 0.329 e. The van der Waals surface area contributed by atoms with Crippen LogP contribution >= 0.6 is 0 Å². The third kappa shape index (κ3) is 3.46. The van der Waals surface area contributed by atoms with Crippen LogP contribution in [0.5, 0.6) is 0 Å². The quantitative estimate of drug-likeness (QED) is 0.819. The standard InChI is InChI=1S/C16H25N3O2/c1-2-21-16(20)15(18-12-6-4-3-5-7-12)14-10-17-11-19(14)13-8-9-13/h10-13,15,18H,2-9H2,1H3. The summed E-state index contributed by atoms with van der Waals surface area (Å²) >= 11 is 0. The first-order chi connectivity index (χ1) is 10.3. The molecule has 5 nitrogen and oxygen atoms in total. The number of hydrogen-bond donors (Lipinski definition) is 1. The summed E-state index contributed by atoms with van der Waals surface area (Å²) in [6.07, 6.45) is 12.1. The van der Waals surface area contributed by atoms with E-state index in [9.17, 15) is 4.79 Å². The summed E-state index contributed by atoms with van der Waals surface area (Å²) in [5, 5.41) is 3.53. The smallest absolute Gasteiger partial charge is 0.329 e. The molecule has 0 amide bonds. The number of rotatable bonds is 6. The topological polar surface area (TPSA) is 56.1 Å². The number of nitrogens with zero attached hydrogens (tertiary/aromatic N) is 2. The van der Waals surface area contributed by atoms with E-state index in [4.69, 9.17) is 4.74 Å². The second-order valence-electron chi connectivity index (χ2n) is 6.14. The molecular weight excluding hydrogens is 266 g/mol. The van der Waals surface area contributed by atoms with Crippen molar-refractivity contribution >= 4 is 5.97 Å². The van der Waals surface area contributed by atoms with Gasteiger partial charge in [0.25, 0.3) is 0 Å². The number of imidazole rings is 1. The Labute approximate surface area is 126 Å². The molecule has 0 bridgehead atoms. The molecule has 1 heterocycles. The Kier molecular flexibility index (Phi) is 4.58. The molecule has 21 heavy (non-hydrogen) atoms. The van der Waals surface area contributed by atoms with Crippen molar-refractivity contribution in [3.05, 3.63) is 18.2 Å². The predicted octanol–water partition coefficient (Wildman–Crippen LogP) is 2.74. The normalized spacial score (nSPS) is 21.2. The average Bonchev–Trinajstić information content (AvgIpc) is 3.24. The molecule has 1 aromatic heterocycles. The Balaban J connectivity index is 1.77. The summed E-state index contributed by atoms with van der Waals surface area (Å²) in [5.74, 6) is -0.175. The second kappa shape index (κ2) is 6.60. The van der Waals surface area contributed by atoms with Crippen LogP contribution in [0.15, 0.2) is 12.5 Å². The molecule has 2 saturated carbocycles. The Hall–Kier alpha value is -1.36. The summed E-state index contributed by atoms with van der Waals surface area (Å²) in [5.41, 5.74) is 0.960. The molecule has 0 aliphatic heterocycles. The van der Waals surface area contributed by atoms with E-state index in [2.05, 4.69) is 14.9 Å². The van der Waals surface area contributed by atoms with E-state index in [1.807, 2.05) is 19.4 Å². The van der Waals surface area contributed by atoms with Gasteiger partial charge in [-0.25, -0.2) is 9.78 Å². The minimum Gasteiger partial charge on any atom is -0.465 e. The van der Waals surface area contributed by atoms with E-state index >= 15 is 0 Å². The highest BCUT2D eigenvalue weighted by atomic mass is 16.5. The lowest BCUT2D eigenvalue weighted by Crippen LogP contribution is -2.40. The first-order valence-corrected chi connectivity index (χ1v) is 8.24. The van der Waals surface area contributed by atoms with Crippen LogP contribution in [-0.4, -0.2) is 28.2 Å². The van der Waals surface area contributed by atoms with Crippen molar-refractivity contribution in [1.82, 2.24) is 14.9 Å². The lowest BCUT2D eigenvalue weighted by Gasteiger charge is -2.28. The van der Waals surface area contributed by atoms with Gasteiger partial charge in [0.15, 0.2) is 0 Å². The van der Waals surface area contributed by atoms with Gasteiger partial charge in [0.05, 0.1) is 24.8 Å². The summed E-state index contributed by atoms with van der Waals surface area (Å²) in [6.45, 7) is 2.27. The lowest BCUT2D eigenvalue weighted by atomic mass is 9.94. The first kappa shape index (κ1) is 14.6. The molecule has 1 unspecified atom stereocenters. The molecule has 2 aliphatic rings. The number of esters is 1. The fourth-order valence-corrected chi connectivity index (χ4v) is 3.20. The Morgan fingerprint density at radius 2 is 2.14 bits per heavy atom. The van der Waals surface area contributed by atoms with Crippen LogP contribution < -0.4 is 5.32 Å². The fraction of sp³-hybridized carbons (Fsp3) is 0.750. The van der Waals surface area contributed by atoms with Gasteiger partial charge >= 0.3 is 5.97 Å². The Morgan fingerprint density at radius 3 is 2.81 bits per heavy atom. The zero-order valence-corrected chi connectivity index (χ0v) is 12.8. The van der Waals surface area contributed by atoms with Crippen LogP contribution in [-0.2, 0) is 9.53 Å². The maximum absolute atomic E-state index is 12.4. The SMILES string of the molecule is CCOC(=O)C(NC1CCCCC1)c1cncn1C1CC1. The number of carbonyl (C=O) groups is 1. The fourth-order valence-electron chi connectivity index (χ4n) is 3.20. The molecule has 0 radical (unpaired) electrons. The van der Waals surface area contributed by atoms with Crippen LogP contribution in [0, 0.1) is 0 Å². The van der Waals surface area contributed by atoms with Crippen molar-refractivity contribution in [2.24, 2.45) is 0 Å². The molecule has 1 aromatic rings. The van der Waals surface area contributed by atoms with Gasteiger partial charge in [-0.2, -0.15) is 0 Å². The van der Waals surface area contributed by atoms with Crippen LogP contribution in [0.4, 0.5) is 0 Å². The highest BCUT2D eigenvalue weighted by Gasteiger charge is 2.33. The van der Waals surface area contributed by atoms with Crippen molar-refractivity contribution in [1.29, 1.82) is 0 Å². The number of carbonyl (C=O) groups excluding carboxylic acids is 1. The monoisotopic (exact) mass is 291 g/mol. The van der Waals surface area contributed by atoms with Gasteiger partial charge < -0.3 is 9.30 Å². The lowest BCUT2D eigenvalue weighted by molar-refractivity contribution is -0.146. The molecule has 1 N–H and O–H groups in total. The van der Waals surface area contributed by atoms with E-state index < -0.39 is 0 Å². The largest absolute Gasteiger partial charge is 0.465 e. The number of ether oxygens (including phenoxy) is 1. The van der Waals surface area contributed by atoms with Gasteiger partial charge in [0.1, 0.15) is 6.04 Å². The molecule has 5 heteroatoms. The molecule has 1 atom stereocenters. The zero-order chi connectivity index (χ0) is 14.7. The molecule has 0 saturated heterocycles. The maximum atomic E-state index is 12.4. The van der Waals surface area contributed by atoms with Gasteiger partial charge in [-0.1, -0.05) is 19.3 Å². The molecule has 0 spiro atoms. The van der Waals surface area contributed by atoms with Gasteiger partial charge in [0.2, 0.25) is 0 Å². The molecular formula is C16H25N3O2. The van der Waals surface area contributed by atoms with Gasteiger partial charge in [-0.05, 0) is 32.6 Å². The number of aromatic nitrogens is 2. The summed E-state index contributed by atoms with van der Waals surface area (Å²) in [6, 6.07) is 0.555. The van der Waals surface area contributed by atoms with Crippen LogP contribution in [0.25, 0.3) is 0 Å². The molecule has 2 aliphatic carbocycles. The average molecular weight is 291 g/mol. The predicted molar refractivity (Wildman–Crippen MR) is 79.9 cm³/mol. The minimum atomic E-state index is -0.379. The van der Waals surface area contributed by atoms with Crippen molar-refractivity contribution in [2.75, 3.05) is 6.61 Å². The third-order valence-electron chi connectivity index (χ3n) is 4.46. The zero-order valence-electron chi connectivity index (χ0n) is 12.8. The molecule has 116 valence electrons. The molecule has 3 rings (SSSR count). The van der Waals surface area contributed by atoms with Crippen molar-refractivity contribution in [3.63, 3.8) is 0 Å². The number of hydrogen-bond acceptors (Lipinski definition) is 4. The van der Waals surface area contributed by atoms with E-state index in [1.165, 1.54) is 32.1 Å². The summed E-state index contributed by atoms with van der Waals surface area (Å²) in [7, 11) is 0. The minimum absolute atomic E-state index is 0.175. The highest BCUT2D eigenvalue weighted by molar-refractivity contribution is 5.77. The Morgan fingerprint density at radius 1 is 1.38 bits per heavy atom. The Bertz CT molecular complexity index is 476. The van der Waals surface area contributed by atoms with Crippen LogP contribution in [0.3, 0.4) is 0 Å². The van der Waals surface area contributed by atoms with E-state index in [0.29, 0.717) is 18.7 Å². The van der Waals surface area contributed by atoms with Gasteiger partial charge in [0, 0.05) is 12.1 Å². The van der Waals surface area contributed by atoms with E-state index in [0.717, 1.165) is 18.5 Å². The van der Waals surface area contributed by atoms with Gasteiger partial charge in [-0.3, -0.25) is 5.32 Å². The summed E-state index contributed by atoms with van der Waals surface area (Å²) in [4.78, 5) is 16.6. The molecule has 2 fully saturated rings. The van der Waals surface area contributed by atoms with Crippen LogP contribution in [0.2, 0.25) is 0 Å². The van der Waals surface area contributed by atoms with E-state index in [1.54, 1.807) is 0 Å². The van der Waals surface area contributed by atoms with Crippen molar-refractivity contribution in [3.8, 4) is 0 Å². The van der Waals surface area contributed by atoms with Crippen molar-refractivity contribution < 1.29 is 9.53 Å². The second-order valence-corrected chi connectivity index (χ2v) is 6.14. The third-order valence-corrected chi connectivity index (χ3v) is 4.46. The number of nitrogens with one attached hydrogen (secondary N) is 1. The van der Waals surface area contributed by atoms with E-state index in [-0.39, 0.29) is 12.0 Å². The van der Waals surface area contributed by atoms with Gasteiger partial charge in [-0.15, -0.1) is 0 Å². The molecule has 0 aromatic carbocycles. The van der Waals surface area contributed by atoms with Crippen molar-refractivity contribution in [2.45, 2.75) is 70.0 Å². The van der Waals surface area contributed by atoms with Crippen LogP contribution in [0.1, 0.15) is 69.6 Å².